The van der Waals surface area contributed by atoms with E-state index in [-0.39, 0.29) is 11.7 Å². The van der Waals surface area contributed by atoms with Crippen LogP contribution in [0.2, 0.25) is 5.02 Å². The Labute approximate surface area is 152 Å². The molecule has 25 heavy (non-hydrogen) atoms. The summed E-state index contributed by atoms with van der Waals surface area (Å²) in [7, 11) is 3.94. The van der Waals surface area contributed by atoms with E-state index >= 15 is 0 Å². The van der Waals surface area contributed by atoms with Gasteiger partial charge in [-0.2, -0.15) is 0 Å². The smallest absolute Gasteiger partial charge is 0.294 e. The molecule has 130 valence electrons. The van der Waals surface area contributed by atoms with Crippen LogP contribution < -0.4 is 15.4 Å². The topological polar surface area (TPSA) is 58.8 Å². The number of halogens is 1. The van der Waals surface area contributed by atoms with Crippen molar-refractivity contribution in [2.45, 2.75) is 0 Å². The summed E-state index contributed by atoms with van der Waals surface area (Å²) < 4.78 is 5.84. The van der Waals surface area contributed by atoms with Crippen molar-refractivity contribution in [1.82, 2.24) is 4.90 Å². The Hall–Kier alpha value is -2.50. The molecule has 0 bridgehead atoms. The third-order valence-electron chi connectivity index (χ3n) is 3.89. The lowest BCUT2D eigenvalue weighted by atomic mass is 10.1. The monoisotopic (exact) mass is 357 g/mol. The fourth-order valence-electron chi connectivity index (χ4n) is 2.56. The van der Waals surface area contributed by atoms with E-state index in [2.05, 4.69) is 0 Å². The van der Waals surface area contributed by atoms with Crippen LogP contribution in [-0.2, 0) is 4.79 Å². The van der Waals surface area contributed by atoms with Crippen LogP contribution >= 0.6 is 11.6 Å². The summed E-state index contributed by atoms with van der Waals surface area (Å²) >= 11 is 5.92. The lowest BCUT2D eigenvalue weighted by molar-refractivity contribution is -0.117. The summed E-state index contributed by atoms with van der Waals surface area (Å²) in [6.45, 7) is 1.30. The van der Waals surface area contributed by atoms with Crippen LogP contribution in [-0.4, -0.2) is 38.0 Å². The van der Waals surface area contributed by atoms with Gasteiger partial charge in [0, 0.05) is 29.9 Å². The fourth-order valence-corrected chi connectivity index (χ4v) is 2.69. The molecule has 1 aliphatic rings. The number of nitrogen functional groups attached to an aromatic ring is 1. The van der Waals surface area contributed by atoms with E-state index in [1.807, 2.05) is 37.2 Å². The standard InChI is InChI=1S/C19H20ClN3O2/c1-22(2)9-10-23-16-8-7-15(21)12-17(16)25-18(19(23)24)11-13-3-5-14(20)6-4-13/h3-8,11-12H,9-10,21H2,1-2H3/b18-11+. The predicted molar refractivity (Wildman–Crippen MR) is 102 cm³/mol. The number of amides is 1. The molecule has 2 N–H and O–H groups in total. The lowest BCUT2D eigenvalue weighted by Gasteiger charge is -2.31. The van der Waals surface area contributed by atoms with Gasteiger partial charge in [-0.15, -0.1) is 0 Å². The fraction of sp³-hybridized carbons (Fsp3) is 0.211. The van der Waals surface area contributed by atoms with E-state index < -0.39 is 0 Å². The Balaban J connectivity index is 1.98. The van der Waals surface area contributed by atoms with Gasteiger partial charge in [0.15, 0.2) is 11.5 Å². The van der Waals surface area contributed by atoms with Gasteiger partial charge in [0.25, 0.3) is 5.91 Å². The Kier molecular flexibility index (Phi) is 4.97. The second-order valence-corrected chi connectivity index (χ2v) is 6.59. The third-order valence-corrected chi connectivity index (χ3v) is 4.14. The van der Waals surface area contributed by atoms with E-state index in [1.165, 1.54) is 0 Å². The van der Waals surface area contributed by atoms with Gasteiger partial charge >= 0.3 is 0 Å². The third kappa shape index (κ3) is 3.95. The molecule has 5 nitrogen and oxygen atoms in total. The van der Waals surface area contributed by atoms with Crippen molar-refractivity contribution >= 4 is 35.0 Å². The number of carbonyl (C=O) groups is 1. The normalized spacial score (nSPS) is 15.4. The van der Waals surface area contributed by atoms with E-state index in [4.69, 9.17) is 22.1 Å². The van der Waals surface area contributed by atoms with Gasteiger partial charge in [0.1, 0.15) is 0 Å². The second-order valence-electron chi connectivity index (χ2n) is 6.15. The Morgan fingerprint density at radius 3 is 2.60 bits per heavy atom. The number of nitrogens with zero attached hydrogens (tertiary/aromatic N) is 2. The zero-order valence-corrected chi connectivity index (χ0v) is 15.0. The molecule has 3 rings (SSSR count). The van der Waals surface area contributed by atoms with Crippen LogP contribution in [0.15, 0.2) is 48.2 Å². The zero-order chi connectivity index (χ0) is 18.0. The number of benzene rings is 2. The molecule has 0 aromatic heterocycles. The van der Waals surface area contributed by atoms with Crippen LogP contribution in [0, 0.1) is 0 Å². The number of anilines is 2. The van der Waals surface area contributed by atoms with Crippen molar-refractivity contribution < 1.29 is 9.53 Å². The van der Waals surface area contributed by atoms with Gasteiger partial charge in [-0.1, -0.05) is 23.7 Å². The lowest BCUT2D eigenvalue weighted by Crippen LogP contribution is -2.41. The molecule has 6 heteroatoms. The van der Waals surface area contributed by atoms with Gasteiger partial charge in [0.2, 0.25) is 0 Å². The van der Waals surface area contributed by atoms with Crippen molar-refractivity contribution in [2.24, 2.45) is 0 Å². The highest BCUT2D eigenvalue weighted by Crippen LogP contribution is 2.37. The van der Waals surface area contributed by atoms with E-state index in [9.17, 15) is 4.79 Å². The van der Waals surface area contributed by atoms with E-state index in [0.29, 0.717) is 23.0 Å². The van der Waals surface area contributed by atoms with Gasteiger partial charge in [-0.3, -0.25) is 4.79 Å². The number of carbonyl (C=O) groups excluding carboxylic acids is 1. The molecule has 0 radical (unpaired) electrons. The van der Waals surface area contributed by atoms with Crippen LogP contribution in [0.5, 0.6) is 5.75 Å². The summed E-state index contributed by atoms with van der Waals surface area (Å²) in [5, 5.41) is 0.642. The van der Waals surface area contributed by atoms with Crippen molar-refractivity contribution in [1.29, 1.82) is 0 Å². The first-order valence-corrected chi connectivity index (χ1v) is 8.33. The number of likely N-dealkylation sites (N-methyl/N-ethyl adjacent to an activating group) is 1. The minimum atomic E-state index is -0.172. The molecule has 0 saturated heterocycles. The maximum Gasteiger partial charge on any atom is 0.294 e. The number of fused-ring (bicyclic) bond motifs is 1. The number of nitrogens with two attached hydrogens (primary N) is 1. The van der Waals surface area contributed by atoms with Crippen molar-refractivity contribution in [3.8, 4) is 5.75 Å². The Morgan fingerprint density at radius 2 is 1.92 bits per heavy atom. The molecular formula is C19H20ClN3O2. The highest BCUT2D eigenvalue weighted by atomic mass is 35.5. The number of ether oxygens (including phenoxy) is 1. The number of hydrogen-bond acceptors (Lipinski definition) is 4. The molecule has 0 saturated carbocycles. The molecule has 2 aromatic carbocycles. The largest absolute Gasteiger partial charge is 0.449 e. The van der Waals surface area contributed by atoms with Crippen molar-refractivity contribution in [2.75, 3.05) is 37.8 Å². The van der Waals surface area contributed by atoms with Crippen LogP contribution in [0.4, 0.5) is 11.4 Å². The van der Waals surface area contributed by atoms with Gasteiger partial charge in [-0.05, 0) is 50.0 Å². The predicted octanol–water partition coefficient (Wildman–Crippen LogP) is 3.25. The Morgan fingerprint density at radius 1 is 1.20 bits per heavy atom. The highest BCUT2D eigenvalue weighted by molar-refractivity contribution is 6.30. The molecule has 2 aromatic rings. The summed E-state index contributed by atoms with van der Waals surface area (Å²) in [5.41, 5.74) is 8.03. The first kappa shape index (κ1) is 17.3. The first-order valence-electron chi connectivity index (χ1n) is 7.95. The summed E-state index contributed by atoms with van der Waals surface area (Å²) in [4.78, 5) is 16.7. The van der Waals surface area contributed by atoms with Crippen LogP contribution in [0.1, 0.15) is 5.56 Å². The van der Waals surface area contributed by atoms with Crippen molar-refractivity contribution in [3.05, 3.63) is 58.8 Å². The van der Waals surface area contributed by atoms with Crippen LogP contribution in [0.25, 0.3) is 6.08 Å². The van der Waals surface area contributed by atoms with E-state index in [0.717, 1.165) is 17.8 Å². The quantitative estimate of drug-likeness (QED) is 0.674. The average molecular weight is 358 g/mol. The zero-order valence-electron chi connectivity index (χ0n) is 14.2. The van der Waals surface area contributed by atoms with E-state index in [1.54, 1.807) is 35.2 Å². The SMILES string of the molecule is CN(C)CCN1C(=O)/C(=C\c2ccc(Cl)cc2)Oc2cc(N)ccc21. The molecule has 1 amide bonds. The maximum atomic E-state index is 12.9. The minimum Gasteiger partial charge on any atom is -0.449 e. The maximum absolute atomic E-state index is 12.9. The minimum absolute atomic E-state index is 0.172. The molecule has 0 unspecified atom stereocenters. The summed E-state index contributed by atoms with van der Waals surface area (Å²) in [6, 6.07) is 12.5. The molecule has 0 atom stereocenters. The summed E-state index contributed by atoms with van der Waals surface area (Å²) in [6.07, 6.45) is 1.72. The second kappa shape index (κ2) is 7.17. The average Bonchev–Trinajstić information content (AvgIpc) is 2.57. The number of hydrogen-bond donors (Lipinski definition) is 1. The number of rotatable bonds is 4. The molecule has 0 aliphatic carbocycles. The highest BCUT2D eigenvalue weighted by Gasteiger charge is 2.30. The van der Waals surface area contributed by atoms with Gasteiger partial charge in [0.05, 0.1) is 5.69 Å². The molecule has 1 aliphatic heterocycles. The molecule has 0 spiro atoms. The summed E-state index contributed by atoms with van der Waals surface area (Å²) in [5.74, 6) is 0.673. The molecule has 1 heterocycles. The van der Waals surface area contributed by atoms with Gasteiger partial charge in [-0.25, -0.2) is 0 Å². The Bertz CT molecular complexity index is 816. The first-order chi connectivity index (χ1) is 11.9. The van der Waals surface area contributed by atoms with Crippen LogP contribution in [0.3, 0.4) is 0 Å². The molecular weight excluding hydrogens is 338 g/mol. The van der Waals surface area contributed by atoms with Crippen molar-refractivity contribution in [3.63, 3.8) is 0 Å². The molecule has 0 fully saturated rings. The van der Waals surface area contributed by atoms with Gasteiger partial charge < -0.3 is 20.3 Å².